The van der Waals surface area contributed by atoms with Crippen molar-refractivity contribution in [3.63, 3.8) is 0 Å². The summed E-state index contributed by atoms with van der Waals surface area (Å²) in [6.07, 6.45) is 1.38. The van der Waals surface area contributed by atoms with Crippen LogP contribution in [0.2, 0.25) is 0 Å². The number of nitro groups is 1. The Morgan fingerprint density at radius 1 is 1.48 bits per heavy atom. The fourth-order valence-electron chi connectivity index (χ4n) is 2.43. The molecular weight excluding hydrogens is 286 g/mol. The number of piperidine rings is 1. The fraction of sp³-hybridized carbons (Fsp3) is 0.462. The van der Waals surface area contributed by atoms with Crippen LogP contribution in [0.3, 0.4) is 0 Å². The number of carbonyl (C=O) groups excluding carboxylic acids is 1. The molecule has 6 nitrogen and oxygen atoms in total. The van der Waals surface area contributed by atoms with Crippen molar-refractivity contribution >= 4 is 11.6 Å². The van der Waals surface area contributed by atoms with Crippen molar-refractivity contribution in [2.24, 2.45) is 5.92 Å². The van der Waals surface area contributed by atoms with Crippen molar-refractivity contribution in [1.82, 2.24) is 4.90 Å². The van der Waals surface area contributed by atoms with E-state index in [0.717, 1.165) is 6.42 Å². The molecule has 1 unspecified atom stereocenters. The lowest BCUT2D eigenvalue weighted by molar-refractivity contribution is -0.387. The highest BCUT2D eigenvalue weighted by Crippen LogP contribution is 2.25. The molecule has 0 spiro atoms. The maximum atomic E-state index is 14.0. The van der Waals surface area contributed by atoms with E-state index in [0.29, 0.717) is 25.1 Å². The molecule has 8 heteroatoms. The number of nitrogens with zero attached hydrogens (tertiary/aromatic N) is 2. The average molecular weight is 300 g/mol. The second kappa shape index (κ2) is 6.13. The molecule has 1 amide bonds. The van der Waals surface area contributed by atoms with Gasteiger partial charge in [0, 0.05) is 19.7 Å². The van der Waals surface area contributed by atoms with E-state index in [1.165, 1.54) is 4.90 Å². The van der Waals surface area contributed by atoms with E-state index in [1.54, 1.807) is 0 Å². The monoisotopic (exact) mass is 300 g/mol. The van der Waals surface area contributed by atoms with Crippen molar-refractivity contribution in [1.29, 1.82) is 0 Å². The number of carbonyl (C=O) groups is 1. The highest BCUT2D eigenvalue weighted by atomic mass is 19.1. The molecule has 1 saturated heterocycles. The summed E-state index contributed by atoms with van der Waals surface area (Å²) in [6.45, 7) is 0.466. The summed E-state index contributed by atoms with van der Waals surface area (Å²) in [6, 6.07) is 1.10. The van der Waals surface area contributed by atoms with Gasteiger partial charge in [-0.2, -0.15) is 4.39 Å². The zero-order valence-electron chi connectivity index (χ0n) is 11.1. The molecule has 0 aromatic heterocycles. The third kappa shape index (κ3) is 3.15. The summed E-state index contributed by atoms with van der Waals surface area (Å²) >= 11 is 0. The third-order valence-corrected chi connectivity index (χ3v) is 3.51. The Kier molecular flexibility index (Phi) is 4.46. The molecule has 2 rings (SSSR count). The maximum absolute atomic E-state index is 14.0. The van der Waals surface area contributed by atoms with Crippen molar-refractivity contribution in [2.75, 3.05) is 19.7 Å². The van der Waals surface area contributed by atoms with E-state index in [9.17, 15) is 23.7 Å². The van der Waals surface area contributed by atoms with E-state index < -0.39 is 33.7 Å². The second-order valence-corrected chi connectivity index (χ2v) is 4.99. The van der Waals surface area contributed by atoms with Crippen LogP contribution in [0.15, 0.2) is 12.1 Å². The molecule has 1 N–H and O–H groups in total. The highest BCUT2D eigenvalue weighted by molar-refractivity contribution is 5.95. The number of aliphatic hydroxyl groups is 1. The Morgan fingerprint density at radius 2 is 2.19 bits per heavy atom. The molecule has 1 aromatic carbocycles. The number of amides is 1. The number of aliphatic hydroxyl groups excluding tert-OH is 1. The van der Waals surface area contributed by atoms with Gasteiger partial charge in [0.2, 0.25) is 5.82 Å². The Hall–Kier alpha value is -2.09. The number of hydrogen-bond donors (Lipinski definition) is 1. The average Bonchev–Trinajstić information content (AvgIpc) is 2.48. The van der Waals surface area contributed by atoms with Crippen LogP contribution in [0.25, 0.3) is 0 Å². The van der Waals surface area contributed by atoms with E-state index >= 15 is 0 Å². The van der Waals surface area contributed by atoms with Crippen LogP contribution in [0, 0.1) is 27.7 Å². The topological polar surface area (TPSA) is 83.7 Å². The summed E-state index contributed by atoms with van der Waals surface area (Å²) < 4.78 is 27.3. The van der Waals surface area contributed by atoms with Gasteiger partial charge < -0.3 is 10.0 Å². The van der Waals surface area contributed by atoms with Gasteiger partial charge in [0.25, 0.3) is 5.91 Å². The van der Waals surface area contributed by atoms with Crippen LogP contribution in [0.5, 0.6) is 0 Å². The Labute approximate surface area is 119 Å². The first kappa shape index (κ1) is 15.3. The molecule has 0 radical (unpaired) electrons. The van der Waals surface area contributed by atoms with Crippen LogP contribution >= 0.6 is 0 Å². The predicted molar refractivity (Wildman–Crippen MR) is 68.7 cm³/mol. The second-order valence-electron chi connectivity index (χ2n) is 4.99. The van der Waals surface area contributed by atoms with Crippen molar-refractivity contribution in [3.8, 4) is 0 Å². The normalized spacial score (nSPS) is 18.6. The Morgan fingerprint density at radius 3 is 2.81 bits per heavy atom. The predicted octanol–water partition coefficient (Wildman–Crippen LogP) is 1.72. The zero-order chi connectivity index (χ0) is 15.6. The number of likely N-dealkylation sites (tertiary alicyclic amines) is 1. The van der Waals surface area contributed by atoms with Gasteiger partial charge in [0.05, 0.1) is 16.6 Å². The van der Waals surface area contributed by atoms with E-state index in [2.05, 4.69) is 0 Å². The SMILES string of the molecule is O=C(c1cc(F)cc([N+](=O)[O-])c1F)N1CCCC(CO)C1. The lowest BCUT2D eigenvalue weighted by Crippen LogP contribution is -2.41. The van der Waals surface area contributed by atoms with Gasteiger partial charge in [-0.1, -0.05) is 0 Å². The number of halogens is 2. The molecule has 21 heavy (non-hydrogen) atoms. The molecule has 114 valence electrons. The van der Waals surface area contributed by atoms with Crippen LogP contribution in [-0.4, -0.2) is 40.5 Å². The van der Waals surface area contributed by atoms with Crippen LogP contribution in [0.1, 0.15) is 23.2 Å². The number of benzene rings is 1. The van der Waals surface area contributed by atoms with E-state index in [4.69, 9.17) is 5.11 Å². The maximum Gasteiger partial charge on any atom is 0.308 e. The van der Waals surface area contributed by atoms with E-state index in [1.807, 2.05) is 0 Å². The van der Waals surface area contributed by atoms with Gasteiger partial charge in [-0.3, -0.25) is 14.9 Å². The van der Waals surface area contributed by atoms with Gasteiger partial charge in [0.15, 0.2) is 0 Å². The van der Waals surface area contributed by atoms with Crippen molar-refractivity contribution in [3.05, 3.63) is 39.4 Å². The molecule has 1 aliphatic rings. The number of hydrogen-bond acceptors (Lipinski definition) is 4. The molecule has 0 bridgehead atoms. The van der Waals surface area contributed by atoms with Crippen molar-refractivity contribution < 1.29 is 23.6 Å². The molecule has 1 fully saturated rings. The van der Waals surface area contributed by atoms with Gasteiger partial charge in [-0.25, -0.2) is 4.39 Å². The summed E-state index contributed by atoms with van der Waals surface area (Å²) in [7, 11) is 0. The summed E-state index contributed by atoms with van der Waals surface area (Å²) in [5, 5.41) is 19.8. The summed E-state index contributed by atoms with van der Waals surface area (Å²) in [5.41, 5.74) is -1.71. The molecule has 1 aromatic rings. The summed E-state index contributed by atoms with van der Waals surface area (Å²) in [5.74, 6) is -3.29. The molecule has 1 aliphatic heterocycles. The first-order valence-electron chi connectivity index (χ1n) is 6.47. The highest BCUT2D eigenvalue weighted by Gasteiger charge is 2.29. The zero-order valence-corrected chi connectivity index (χ0v) is 11.1. The van der Waals surface area contributed by atoms with Crippen LogP contribution < -0.4 is 0 Å². The fourth-order valence-corrected chi connectivity index (χ4v) is 2.43. The van der Waals surface area contributed by atoms with Gasteiger partial charge in [0.1, 0.15) is 5.82 Å². The molecule has 1 atom stereocenters. The lowest BCUT2D eigenvalue weighted by atomic mass is 9.98. The number of rotatable bonds is 3. The Bertz CT molecular complexity index is 580. The summed E-state index contributed by atoms with van der Waals surface area (Å²) in [4.78, 5) is 23.1. The standard InChI is InChI=1S/C13H14F2N2O4/c14-9-4-10(12(15)11(5-9)17(20)21)13(19)16-3-1-2-8(6-16)7-18/h4-5,8,18H,1-3,6-7H2. The first-order chi connectivity index (χ1) is 9.93. The molecular formula is C13H14F2N2O4. The van der Waals surface area contributed by atoms with Gasteiger partial charge >= 0.3 is 5.69 Å². The van der Waals surface area contributed by atoms with Crippen LogP contribution in [-0.2, 0) is 0 Å². The minimum atomic E-state index is -1.34. The Balaban J connectivity index is 2.33. The number of nitro benzene ring substituents is 1. The molecule has 1 heterocycles. The van der Waals surface area contributed by atoms with Gasteiger partial charge in [-0.05, 0) is 24.8 Å². The smallest absolute Gasteiger partial charge is 0.308 e. The minimum absolute atomic E-state index is 0.102. The quantitative estimate of drug-likeness (QED) is 0.680. The third-order valence-electron chi connectivity index (χ3n) is 3.51. The largest absolute Gasteiger partial charge is 0.396 e. The lowest BCUT2D eigenvalue weighted by Gasteiger charge is -2.31. The molecule has 0 saturated carbocycles. The van der Waals surface area contributed by atoms with E-state index in [-0.39, 0.29) is 19.1 Å². The van der Waals surface area contributed by atoms with Crippen LogP contribution in [0.4, 0.5) is 14.5 Å². The van der Waals surface area contributed by atoms with Crippen molar-refractivity contribution in [2.45, 2.75) is 12.8 Å². The molecule has 0 aliphatic carbocycles. The first-order valence-corrected chi connectivity index (χ1v) is 6.47. The van der Waals surface area contributed by atoms with Gasteiger partial charge in [-0.15, -0.1) is 0 Å². The minimum Gasteiger partial charge on any atom is -0.396 e.